The van der Waals surface area contributed by atoms with Crippen molar-refractivity contribution in [3.8, 4) is 29.4 Å². The van der Waals surface area contributed by atoms with Gasteiger partial charge in [-0.2, -0.15) is 0 Å². The topological polar surface area (TPSA) is 116 Å². The van der Waals surface area contributed by atoms with Crippen LogP contribution in [0, 0.1) is 29.1 Å². The lowest BCUT2D eigenvalue weighted by atomic mass is 9.79. The van der Waals surface area contributed by atoms with Gasteiger partial charge < -0.3 is 9.84 Å². The first-order valence-electron chi connectivity index (χ1n) is 9.45. The van der Waals surface area contributed by atoms with Gasteiger partial charge in [-0.05, 0) is 44.0 Å². The molecule has 0 radical (unpaired) electrons. The standard InChI is InChI=1S/C21H26N2O6S/c1-2-3-16-29-18-6-8-19(9-7-18)30(27,28)17-21(20(25)22-26)10-13-23(14-11-21)12-4-5-15-24/h6-9,24,26H,10-17H2,1H3,(H,22,25). The first kappa shape index (κ1) is 23.7. The third-order valence-corrected chi connectivity index (χ3v) is 6.96. The van der Waals surface area contributed by atoms with Crippen molar-refractivity contribution in [1.82, 2.24) is 10.4 Å². The van der Waals surface area contributed by atoms with Gasteiger partial charge in [0, 0.05) is 13.1 Å². The number of nitrogens with zero attached hydrogens (tertiary/aromatic N) is 1. The van der Waals surface area contributed by atoms with Gasteiger partial charge >= 0.3 is 0 Å². The highest BCUT2D eigenvalue weighted by Crippen LogP contribution is 2.35. The molecule has 0 unspecified atom stereocenters. The van der Waals surface area contributed by atoms with E-state index in [-0.39, 0.29) is 31.0 Å². The second-order valence-corrected chi connectivity index (χ2v) is 8.94. The number of amides is 1. The minimum atomic E-state index is -3.79. The number of aliphatic hydroxyl groups excluding tert-OH is 1. The van der Waals surface area contributed by atoms with Crippen LogP contribution in [-0.4, -0.2) is 68.1 Å². The number of rotatable bonds is 7. The minimum absolute atomic E-state index is 0.0813. The van der Waals surface area contributed by atoms with Crippen LogP contribution in [0.5, 0.6) is 5.75 Å². The Morgan fingerprint density at radius 2 is 1.87 bits per heavy atom. The van der Waals surface area contributed by atoms with Crippen molar-refractivity contribution in [2.75, 3.05) is 38.6 Å². The molecule has 0 aromatic heterocycles. The molecule has 1 amide bonds. The molecule has 9 heteroatoms. The van der Waals surface area contributed by atoms with Crippen LogP contribution < -0.4 is 10.2 Å². The molecular weight excluding hydrogens is 408 g/mol. The van der Waals surface area contributed by atoms with Crippen LogP contribution >= 0.6 is 0 Å². The lowest BCUT2D eigenvalue weighted by Gasteiger charge is -2.39. The molecular formula is C21H26N2O6S. The van der Waals surface area contributed by atoms with E-state index in [0.29, 0.717) is 25.4 Å². The Bertz CT molecular complexity index is 943. The molecule has 30 heavy (non-hydrogen) atoms. The highest BCUT2D eigenvalue weighted by molar-refractivity contribution is 7.91. The van der Waals surface area contributed by atoms with E-state index >= 15 is 0 Å². The summed E-state index contributed by atoms with van der Waals surface area (Å²) in [6, 6.07) is 5.97. The number of hydrogen-bond donors (Lipinski definition) is 3. The van der Waals surface area contributed by atoms with Gasteiger partial charge in [0.1, 0.15) is 19.0 Å². The van der Waals surface area contributed by atoms with Gasteiger partial charge in [0.05, 0.1) is 22.6 Å². The molecule has 1 saturated heterocycles. The van der Waals surface area contributed by atoms with Crippen molar-refractivity contribution >= 4 is 15.7 Å². The molecule has 0 atom stereocenters. The monoisotopic (exact) mass is 434 g/mol. The van der Waals surface area contributed by atoms with Crippen LogP contribution in [0.25, 0.3) is 0 Å². The molecule has 0 aliphatic carbocycles. The number of hydrogen-bond acceptors (Lipinski definition) is 7. The van der Waals surface area contributed by atoms with E-state index in [0.717, 1.165) is 0 Å². The van der Waals surface area contributed by atoms with Crippen molar-refractivity contribution in [2.45, 2.75) is 24.7 Å². The largest absolute Gasteiger partial charge is 0.481 e. The molecule has 1 fully saturated rings. The SMILES string of the molecule is CC#CCOc1ccc(S(=O)(=O)CC2(C(=O)NO)CCN(CC#CCO)CC2)cc1. The number of likely N-dealkylation sites (tertiary alicyclic amines) is 1. The molecule has 8 nitrogen and oxygen atoms in total. The zero-order chi connectivity index (χ0) is 22.0. The summed E-state index contributed by atoms with van der Waals surface area (Å²) in [6.45, 7) is 3.02. The first-order valence-corrected chi connectivity index (χ1v) is 11.1. The average molecular weight is 435 g/mol. The molecule has 0 spiro atoms. The van der Waals surface area contributed by atoms with Crippen LogP contribution in [-0.2, 0) is 14.6 Å². The quantitative estimate of drug-likeness (QED) is 0.324. The van der Waals surface area contributed by atoms with Crippen LogP contribution in [0.15, 0.2) is 29.2 Å². The summed E-state index contributed by atoms with van der Waals surface area (Å²) >= 11 is 0. The van der Waals surface area contributed by atoms with Crippen molar-refractivity contribution < 1.29 is 28.3 Å². The van der Waals surface area contributed by atoms with Crippen LogP contribution in [0.1, 0.15) is 19.8 Å². The lowest BCUT2D eigenvalue weighted by molar-refractivity contribution is -0.141. The predicted octanol–water partition coefficient (Wildman–Crippen LogP) is 0.446. The minimum Gasteiger partial charge on any atom is -0.481 e. The van der Waals surface area contributed by atoms with E-state index in [9.17, 15) is 18.4 Å². The van der Waals surface area contributed by atoms with Crippen LogP contribution in [0.4, 0.5) is 0 Å². The summed E-state index contributed by atoms with van der Waals surface area (Å²) in [6.07, 6.45) is 0.520. The Balaban J connectivity index is 2.13. The summed E-state index contributed by atoms with van der Waals surface area (Å²) < 4.78 is 31.4. The maximum atomic E-state index is 13.0. The summed E-state index contributed by atoms with van der Waals surface area (Å²) in [5, 5.41) is 17.9. The summed E-state index contributed by atoms with van der Waals surface area (Å²) in [4.78, 5) is 14.5. The fourth-order valence-corrected chi connectivity index (χ4v) is 5.16. The molecule has 162 valence electrons. The summed E-state index contributed by atoms with van der Waals surface area (Å²) in [5.41, 5.74) is 0.403. The van der Waals surface area contributed by atoms with Gasteiger partial charge in [-0.15, -0.1) is 5.92 Å². The molecule has 1 aromatic carbocycles. The molecule has 2 rings (SSSR count). The van der Waals surface area contributed by atoms with E-state index in [1.807, 2.05) is 4.90 Å². The number of aliphatic hydroxyl groups is 1. The molecule has 3 N–H and O–H groups in total. The molecule has 0 bridgehead atoms. The Kier molecular flexibility index (Phi) is 8.70. The third kappa shape index (κ3) is 6.22. The number of benzene rings is 1. The zero-order valence-electron chi connectivity index (χ0n) is 16.8. The van der Waals surface area contributed by atoms with Crippen molar-refractivity contribution in [1.29, 1.82) is 0 Å². The van der Waals surface area contributed by atoms with Gasteiger partial charge in [-0.1, -0.05) is 17.8 Å². The van der Waals surface area contributed by atoms with E-state index in [1.165, 1.54) is 12.1 Å². The van der Waals surface area contributed by atoms with E-state index in [1.54, 1.807) is 24.5 Å². The fourth-order valence-electron chi connectivity index (χ4n) is 3.30. The number of piperidine rings is 1. The molecule has 1 aromatic rings. The van der Waals surface area contributed by atoms with Crippen molar-refractivity contribution in [3.05, 3.63) is 24.3 Å². The molecule has 0 saturated carbocycles. The molecule has 1 aliphatic heterocycles. The van der Waals surface area contributed by atoms with Crippen molar-refractivity contribution in [3.63, 3.8) is 0 Å². The highest BCUT2D eigenvalue weighted by atomic mass is 32.2. The second-order valence-electron chi connectivity index (χ2n) is 6.96. The van der Waals surface area contributed by atoms with Gasteiger partial charge in [0.15, 0.2) is 9.84 Å². The Hall–Kier alpha value is -2.56. The smallest absolute Gasteiger partial charge is 0.250 e. The molecule has 1 aliphatic rings. The Morgan fingerprint density at radius 1 is 1.20 bits per heavy atom. The normalized spacial score (nSPS) is 15.8. The van der Waals surface area contributed by atoms with Gasteiger partial charge in [-0.3, -0.25) is 14.9 Å². The van der Waals surface area contributed by atoms with Crippen LogP contribution in [0.2, 0.25) is 0 Å². The maximum Gasteiger partial charge on any atom is 0.250 e. The van der Waals surface area contributed by atoms with Crippen LogP contribution in [0.3, 0.4) is 0 Å². The molecule has 1 heterocycles. The Labute approximate surface area is 177 Å². The van der Waals surface area contributed by atoms with E-state index in [4.69, 9.17) is 9.84 Å². The van der Waals surface area contributed by atoms with Crippen molar-refractivity contribution in [2.24, 2.45) is 5.41 Å². The number of ether oxygens (including phenoxy) is 1. The Morgan fingerprint density at radius 3 is 2.43 bits per heavy atom. The number of nitrogens with one attached hydrogen (secondary N) is 1. The predicted molar refractivity (Wildman–Crippen MR) is 110 cm³/mol. The zero-order valence-corrected chi connectivity index (χ0v) is 17.7. The third-order valence-electron chi connectivity index (χ3n) is 5.04. The average Bonchev–Trinajstić information content (AvgIpc) is 2.75. The number of sulfone groups is 1. The van der Waals surface area contributed by atoms with E-state index in [2.05, 4.69) is 23.7 Å². The summed E-state index contributed by atoms with van der Waals surface area (Å²) in [7, 11) is -3.79. The number of hydroxylamine groups is 1. The fraction of sp³-hybridized carbons (Fsp3) is 0.476. The lowest BCUT2D eigenvalue weighted by Crippen LogP contribution is -2.51. The van der Waals surface area contributed by atoms with Gasteiger partial charge in [-0.25, -0.2) is 13.9 Å². The second kappa shape index (κ2) is 11.0. The highest BCUT2D eigenvalue weighted by Gasteiger charge is 2.45. The summed E-state index contributed by atoms with van der Waals surface area (Å²) in [5.74, 6) is 10.2. The maximum absolute atomic E-state index is 13.0. The van der Waals surface area contributed by atoms with Gasteiger partial charge in [0.25, 0.3) is 5.91 Å². The first-order chi connectivity index (χ1) is 14.4. The van der Waals surface area contributed by atoms with Gasteiger partial charge in [0.2, 0.25) is 0 Å². The number of carbonyl (C=O) groups is 1. The van der Waals surface area contributed by atoms with E-state index < -0.39 is 26.9 Å². The number of carbonyl (C=O) groups excluding carboxylic acids is 1.